The van der Waals surface area contributed by atoms with Gasteiger partial charge in [-0.15, -0.1) is 11.3 Å². The van der Waals surface area contributed by atoms with E-state index in [1.807, 2.05) is 43.0 Å². The maximum Gasteiger partial charge on any atom is 0.242 e. The molecule has 0 radical (unpaired) electrons. The van der Waals surface area contributed by atoms with Crippen LogP contribution in [0.4, 0.5) is 0 Å². The molecule has 1 atom stereocenters. The van der Waals surface area contributed by atoms with Crippen molar-refractivity contribution in [3.63, 3.8) is 0 Å². The minimum Gasteiger partial charge on any atom is -0.497 e. The number of hydrogen-bond acceptors (Lipinski definition) is 5. The number of fused-ring (bicyclic) bond motifs is 1. The first kappa shape index (κ1) is 21.7. The third-order valence-electron chi connectivity index (χ3n) is 5.93. The lowest BCUT2D eigenvalue weighted by Crippen LogP contribution is -2.49. The van der Waals surface area contributed by atoms with Crippen molar-refractivity contribution < 1.29 is 19.1 Å². The van der Waals surface area contributed by atoms with Crippen molar-refractivity contribution in [1.29, 1.82) is 0 Å². The van der Waals surface area contributed by atoms with Gasteiger partial charge in [0.1, 0.15) is 24.7 Å². The van der Waals surface area contributed by atoms with E-state index in [2.05, 4.69) is 11.4 Å². The highest BCUT2D eigenvalue weighted by atomic mass is 32.1. The number of carbonyl (C=O) groups is 2. The topological polar surface area (TPSA) is 59.1 Å². The summed E-state index contributed by atoms with van der Waals surface area (Å²) in [5, 5.41) is 2.08. The Labute approximate surface area is 187 Å². The Hall–Kier alpha value is -2.54. The van der Waals surface area contributed by atoms with Gasteiger partial charge >= 0.3 is 0 Å². The zero-order valence-corrected chi connectivity index (χ0v) is 19.2. The number of carbonyl (C=O) groups excluding carboxylic acids is 2. The standard InChI is InChI=1S/C24H30N2O4S/c1-16(2)24(28)26(17-7-8-17)14-23(27)25-11-9-22-20(10-12-31-22)21(25)15-30-19-6-4-5-18(13-19)29-3/h4-6,10,12-13,16-17,21H,7-9,11,14-15H2,1-3H3. The fourth-order valence-corrected chi connectivity index (χ4v) is 5.01. The number of rotatable bonds is 8. The van der Waals surface area contributed by atoms with Crippen molar-refractivity contribution in [3.8, 4) is 11.5 Å². The van der Waals surface area contributed by atoms with E-state index >= 15 is 0 Å². The molecule has 2 aromatic rings. The molecule has 2 amide bonds. The van der Waals surface area contributed by atoms with Crippen LogP contribution in [0.2, 0.25) is 0 Å². The second-order valence-corrected chi connectivity index (χ2v) is 9.49. The normalized spacial score (nSPS) is 17.9. The number of methoxy groups -OCH3 is 1. The van der Waals surface area contributed by atoms with E-state index in [1.165, 1.54) is 4.88 Å². The van der Waals surface area contributed by atoms with Gasteiger partial charge in [0.15, 0.2) is 0 Å². The van der Waals surface area contributed by atoms with Crippen LogP contribution in [0.25, 0.3) is 0 Å². The molecule has 4 rings (SSSR count). The number of thiophene rings is 1. The Morgan fingerprint density at radius 3 is 2.71 bits per heavy atom. The van der Waals surface area contributed by atoms with E-state index in [0.717, 1.165) is 30.6 Å². The highest BCUT2D eigenvalue weighted by molar-refractivity contribution is 7.10. The minimum atomic E-state index is -0.163. The van der Waals surface area contributed by atoms with Gasteiger partial charge in [0.25, 0.3) is 0 Å². The Bertz CT molecular complexity index is 937. The maximum absolute atomic E-state index is 13.4. The average Bonchev–Trinajstić information content (AvgIpc) is 3.51. The lowest BCUT2D eigenvalue weighted by molar-refractivity contribution is -0.144. The molecule has 1 aliphatic carbocycles. The summed E-state index contributed by atoms with van der Waals surface area (Å²) in [4.78, 5) is 31.0. The van der Waals surface area contributed by atoms with Crippen LogP contribution in [0.3, 0.4) is 0 Å². The number of nitrogens with zero attached hydrogens (tertiary/aromatic N) is 2. The fraction of sp³-hybridized carbons (Fsp3) is 0.500. The smallest absolute Gasteiger partial charge is 0.242 e. The average molecular weight is 443 g/mol. The Balaban J connectivity index is 1.51. The first-order valence-electron chi connectivity index (χ1n) is 10.9. The van der Waals surface area contributed by atoms with E-state index in [9.17, 15) is 9.59 Å². The van der Waals surface area contributed by atoms with Crippen LogP contribution in [-0.2, 0) is 16.0 Å². The number of hydrogen-bond donors (Lipinski definition) is 0. The molecule has 2 heterocycles. The van der Waals surface area contributed by atoms with E-state index in [1.54, 1.807) is 23.3 Å². The van der Waals surface area contributed by atoms with E-state index in [0.29, 0.717) is 18.9 Å². The van der Waals surface area contributed by atoms with E-state index in [4.69, 9.17) is 9.47 Å². The van der Waals surface area contributed by atoms with Crippen molar-refractivity contribution in [2.45, 2.75) is 45.2 Å². The summed E-state index contributed by atoms with van der Waals surface area (Å²) in [5.41, 5.74) is 1.15. The van der Waals surface area contributed by atoms with Gasteiger partial charge in [-0.2, -0.15) is 0 Å². The monoisotopic (exact) mass is 442 g/mol. The molecular formula is C24H30N2O4S. The summed E-state index contributed by atoms with van der Waals surface area (Å²) in [7, 11) is 1.63. The highest BCUT2D eigenvalue weighted by Gasteiger charge is 2.38. The lowest BCUT2D eigenvalue weighted by Gasteiger charge is -2.37. The molecule has 1 aliphatic heterocycles. The van der Waals surface area contributed by atoms with E-state index < -0.39 is 0 Å². The van der Waals surface area contributed by atoms with Crippen molar-refractivity contribution >= 4 is 23.2 Å². The van der Waals surface area contributed by atoms with Crippen molar-refractivity contribution in [3.05, 3.63) is 46.2 Å². The van der Waals surface area contributed by atoms with Gasteiger partial charge in [-0.25, -0.2) is 0 Å². The largest absolute Gasteiger partial charge is 0.497 e. The molecule has 1 fully saturated rings. The third-order valence-corrected chi connectivity index (χ3v) is 6.93. The zero-order chi connectivity index (χ0) is 22.0. The third kappa shape index (κ3) is 4.87. The first-order chi connectivity index (χ1) is 15.0. The van der Waals surface area contributed by atoms with Crippen LogP contribution < -0.4 is 9.47 Å². The molecule has 2 aliphatic rings. The Morgan fingerprint density at radius 1 is 1.23 bits per heavy atom. The van der Waals surface area contributed by atoms with Gasteiger partial charge < -0.3 is 19.3 Å². The molecule has 166 valence electrons. The molecular weight excluding hydrogens is 412 g/mol. The predicted molar refractivity (Wildman–Crippen MR) is 121 cm³/mol. The summed E-state index contributed by atoms with van der Waals surface area (Å²) >= 11 is 1.73. The molecule has 0 saturated heterocycles. The van der Waals surface area contributed by atoms with Crippen LogP contribution in [0.15, 0.2) is 35.7 Å². The van der Waals surface area contributed by atoms with E-state index in [-0.39, 0.29) is 36.4 Å². The molecule has 1 aromatic carbocycles. The Kier molecular flexibility index (Phi) is 6.51. The summed E-state index contributed by atoms with van der Waals surface area (Å²) < 4.78 is 11.4. The summed E-state index contributed by atoms with van der Waals surface area (Å²) in [6.45, 7) is 4.95. The molecule has 7 heteroatoms. The SMILES string of the molecule is COc1cccc(OCC2c3ccsc3CCN2C(=O)CN(C(=O)C(C)C)C2CC2)c1. The van der Waals surface area contributed by atoms with Crippen molar-refractivity contribution in [2.75, 3.05) is 26.8 Å². The summed E-state index contributed by atoms with van der Waals surface area (Å²) in [5.74, 6) is 1.40. The molecule has 1 saturated carbocycles. The van der Waals surface area contributed by atoms with Crippen LogP contribution >= 0.6 is 11.3 Å². The van der Waals surface area contributed by atoms with Gasteiger partial charge in [-0.3, -0.25) is 9.59 Å². The molecule has 0 N–H and O–H groups in total. The quantitative estimate of drug-likeness (QED) is 0.622. The lowest BCUT2D eigenvalue weighted by atomic mass is 10.00. The van der Waals surface area contributed by atoms with Crippen LogP contribution in [0.5, 0.6) is 11.5 Å². The number of ether oxygens (including phenoxy) is 2. The summed E-state index contributed by atoms with van der Waals surface area (Å²) in [6, 6.07) is 9.65. The fourth-order valence-electron chi connectivity index (χ4n) is 4.08. The Morgan fingerprint density at radius 2 is 2.00 bits per heavy atom. The van der Waals surface area contributed by atoms with Gasteiger partial charge in [-0.05, 0) is 48.4 Å². The van der Waals surface area contributed by atoms with Gasteiger partial charge in [0.2, 0.25) is 11.8 Å². The molecule has 6 nitrogen and oxygen atoms in total. The maximum atomic E-state index is 13.4. The number of benzene rings is 1. The summed E-state index contributed by atoms with van der Waals surface area (Å²) in [6.07, 6.45) is 2.82. The molecule has 1 aromatic heterocycles. The van der Waals surface area contributed by atoms with Gasteiger partial charge in [0, 0.05) is 29.4 Å². The van der Waals surface area contributed by atoms with Crippen molar-refractivity contribution in [1.82, 2.24) is 9.80 Å². The van der Waals surface area contributed by atoms with Crippen molar-refractivity contribution in [2.24, 2.45) is 5.92 Å². The minimum absolute atomic E-state index is 0.00278. The van der Waals surface area contributed by atoms with Crippen LogP contribution in [0.1, 0.15) is 43.2 Å². The van der Waals surface area contributed by atoms with Crippen LogP contribution in [0, 0.1) is 5.92 Å². The molecule has 31 heavy (non-hydrogen) atoms. The molecule has 1 unspecified atom stereocenters. The second-order valence-electron chi connectivity index (χ2n) is 8.49. The highest BCUT2D eigenvalue weighted by Crippen LogP contribution is 2.35. The first-order valence-corrected chi connectivity index (χ1v) is 11.8. The van der Waals surface area contributed by atoms with Gasteiger partial charge in [-0.1, -0.05) is 19.9 Å². The van der Waals surface area contributed by atoms with Gasteiger partial charge in [0.05, 0.1) is 13.2 Å². The predicted octanol–water partition coefficient (Wildman–Crippen LogP) is 3.91. The zero-order valence-electron chi connectivity index (χ0n) is 18.4. The number of amides is 2. The molecule has 0 bridgehead atoms. The molecule has 0 spiro atoms. The van der Waals surface area contributed by atoms with Crippen LogP contribution in [-0.4, -0.2) is 54.5 Å². The second kappa shape index (κ2) is 9.30.